The van der Waals surface area contributed by atoms with Crippen molar-refractivity contribution < 1.29 is 8.78 Å². The molecule has 0 atom stereocenters. The fourth-order valence-corrected chi connectivity index (χ4v) is 4.48. The summed E-state index contributed by atoms with van der Waals surface area (Å²) in [4.78, 5) is 0. The van der Waals surface area contributed by atoms with Crippen LogP contribution in [0.2, 0.25) is 0 Å². The largest absolute Gasteiger partial charge is 0.207 e. The van der Waals surface area contributed by atoms with E-state index in [-0.39, 0.29) is 19.1 Å². The van der Waals surface area contributed by atoms with E-state index in [1.54, 1.807) is 19.1 Å². The minimum absolute atomic E-state index is 0. The van der Waals surface area contributed by atoms with Crippen molar-refractivity contribution in [3.8, 4) is 0 Å². The van der Waals surface area contributed by atoms with Gasteiger partial charge in [0.25, 0.3) is 0 Å². The topological polar surface area (TPSA) is 0 Å². The summed E-state index contributed by atoms with van der Waals surface area (Å²) in [6.45, 7) is 20.5. The number of benzene rings is 5. The van der Waals surface area contributed by atoms with Crippen LogP contribution in [0.15, 0.2) is 109 Å². The molecule has 0 aliphatic heterocycles. The zero-order chi connectivity index (χ0) is 35.2. The third-order valence-electron chi connectivity index (χ3n) is 7.74. The molecule has 0 amide bonds. The molecular weight excluding hydrogens is 591 g/mol. The summed E-state index contributed by atoms with van der Waals surface area (Å²) in [7, 11) is 0. The maximum atomic E-state index is 12.9. The first-order valence-electron chi connectivity index (χ1n) is 17.1. The quantitative estimate of drug-likeness (QED) is 0.177. The molecule has 0 heterocycles. The molecule has 0 aliphatic rings. The maximum absolute atomic E-state index is 12.9. The summed E-state index contributed by atoms with van der Waals surface area (Å²) in [5.74, 6) is -0.179. The van der Waals surface area contributed by atoms with Crippen LogP contribution in [0.3, 0.4) is 0 Å². The molecule has 0 saturated heterocycles. The summed E-state index contributed by atoms with van der Waals surface area (Å²) in [5.41, 5.74) is 11.9. The van der Waals surface area contributed by atoms with Gasteiger partial charge < -0.3 is 0 Å². The fourth-order valence-electron chi connectivity index (χ4n) is 4.48. The van der Waals surface area contributed by atoms with E-state index in [4.69, 9.17) is 0 Å². The lowest BCUT2D eigenvalue weighted by molar-refractivity contribution is 0.611. The molecule has 48 heavy (non-hydrogen) atoms. The van der Waals surface area contributed by atoms with Crippen molar-refractivity contribution in [3.05, 3.63) is 176 Å². The Morgan fingerprint density at radius 3 is 1.17 bits per heavy atom. The van der Waals surface area contributed by atoms with Crippen molar-refractivity contribution in [1.82, 2.24) is 0 Å². The second-order valence-corrected chi connectivity index (χ2v) is 11.9. The van der Waals surface area contributed by atoms with Crippen LogP contribution in [0, 0.1) is 46.3 Å². The highest BCUT2D eigenvalue weighted by molar-refractivity contribution is 5.25. The van der Waals surface area contributed by atoms with E-state index in [2.05, 4.69) is 114 Å². The number of halogens is 2. The number of hydrogen-bond donors (Lipinski definition) is 0. The van der Waals surface area contributed by atoms with Crippen molar-refractivity contribution in [2.24, 2.45) is 0 Å². The summed E-state index contributed by atoms with van der Waals surface area (Å²) >= 11 is 0. The van der Waals surface area contributed by atoms with Crippen LogP contribution < -0.4 is 0 Å². The van der Waals surface area contributed by atoms with E-state index >= 15 is 0 Å². The van der Waals surface area contributed by atoms with Gasteiger partial charge in [0.2, 0.25) is 0 Å². The van der Waals surface area contributed by atoms with Gasteiger partial charge in [-0.3, -0.25) is 0 Å². The molecule has 0 N–H and O–H groups in total. The zero-order valence-electron chi connectivity index (χ0n) is 30.7. The monoisotopic (exact) mass is 652 g/mol. The molecule has 5 aromatic rings. The summed E-state index contributed by atoms with van der Waals surface area (Å²) in [6.07, 6.45) is 5.09. The van der Waals surface area contributed by atoms with Crippen molar-refractivity contribution in [3.63, 3.8) is 0 Å². The maximum Gasteiger partial charge on any atom is 0.126 e. The Labute approximate surface area is 293 Å². The second-order valence-electron chi connectivity index (χ2n) is 11.9. The Balaban J connectivity index is 0.000000573. The Bertz CT molecular complexity index is 1520. The van der Waals surface area contributed by atoms with E-state index in [0.29, 0.717) is 0 Å². The Morgan fingerprint density at radius 2 is 0.792 bits per heavy atom. The van der Waals surface area contributed by atoms with Crippen LogP contribution >= 0.6 is 0 Å². The van der Waals surface area contributed by atoms with Crippen LogP contribution in [-0.4, -0.2) is 0 Å². The molecule has 0 unspecified atom stereocenters. The van der Waals surface area contributed by atoms with Gasteiger partial charge in [-0.15, -0.1) is 0 Å². The molecular formula is C46H62F2. The van der Waals surface area contributed by atoms with E-state index in [1.807, 2.05) is 45.0 Å². The van der Waals surface area contributed by atoms with Gasteiger partial charge in [-0.1, -0.05) is 156 Å². The Morgan fingerprint density at radius 1 is 0.375 bits per heavy atom. The van der Waals surface area contributed by atoms with Gasteiger partial charge in [0.05, 0.1) is 0 Å². The van der Waals surface area contributed by atoms with Crippen LogP contribution in [0.1, 0.15) is 97.7 Å². The second kappa shape index (κ2) is 25.0. The fraction of sp³-hybridized carbons (Fsp3) is 0.348. The summed E-state index contributed by atoms with van der Waals surface area (Å²) in [6, 6.07) is 36.6. The van der Waals surface area contributed by atoms with E-state index < -0.39 is 0 Å². The highest BCUT2D eigenvalue weighted by atomic mass is 19.1. The van der Waals surface area contributed by atoms with E-state index in [0.717, 1.165) is 54.4 Å². The molecule has 0 aromatic heterocycles. The minimum atomic E-state index is -0.0978. The zero-order valence-corrected chi connectivity index (χ0v) is 30.7. The number of aryl methyl sites for hydroxylation is 10. The van der Waals surface area contributed by atoms with Crippen LogP contribution in [-0.2, 0) is 32.1 Å². The average molecular weight is 653 g/mol. The van der Waals surface area contributed by atoms with Gasteiger partial charge in [0.1, 0.15) is 11.6 Å². The van der Waals surface area contributed by atoms with Crippen molar-refractivity contribution in [2.75, 3.05) is 0 Å². The van der Waals surface area contributed by atoms with Gasteiger partial charge in [-0.05, 0) is 118 Å². The van der Waals surface area contributed by atoms with Crippen molar-refractivity contribution >= 4 is 0 Å². The standard InChI is InChI=1S/2C9H11F.3C9H12.CH4/c1-3-8-5-4-7(2)9(10)6-8;1-3-8-5-4-7(2)6-9(8)10;1-3-9-6-4-8(2)5-7-9;2*1-3-9-6-4-5-8(2)7-9;/h2*4-6H,3H2,1-2H3;3*4-7H,3H2,1-2H3;1H4. The third kappa shape index (κ3) is 18.3. The van der Waals surface area contributed by atoms with Crippen molar-refractivity contribution in [1.29, 1.82) is 0 Å². The van der Waals surface area contributed by atoms with Gasteiger partial charge in [-0.25, -0.2) is 8.78 Å². The molecule has 2 heteroatoms. The first-order chi connectivity index (χ1) is 22.4. The minimum Gasteiger partial charge on any atom is -0.207 e. The normalized spacial score (nSPS) is 9.50. The highest BCUT2D eigenvalue weighted by Crippen LogP contribution is 2.10. The molecule has 0 bridgehead atoms. The molecule has 5 aromatic carbocycles. The SMILES string of the molecule is C.CCc1ccc(C)c(F)c1.CCc1ccc(C)cc1.CCc1ccc(C)cc1F.CCc1cccc(C)c1.CCc1cccc(C)c1. The van der Waals surface area contributed by atoms with Gasteiger partial charge in [0, 0.05) is 0 Å². The summed E-state index contributed by atoms with van der Waals surface area (Å²) < 4.78 is 25.6. The smallest absolute Gasteiger partial charge is 0.126 e. The van der Waals surface area contributed by atoms with Gasteiger partial charge in [0.15, 0.2) is 0 Å². The lowest BCUT2D eigenvalue weighted by Gasteiger charge is -1.98. The van der Waals surface area contributed by atoms with Crippen LogP contribution in [0.4, 0.5) is 8.78 Å². The van der Waals surface area contributed by atoms with Crippen LogP contribution in [0.5, 0.6) is 0 Å². The number of rotatable bonds is 5. The number of hydrogen-bond acceptors (Lipinski definition) is 0. The average Bonchev–Trinajstić information content (AvgIpc) is 3.07. The molecule has 0 aliphatic carbocycles. The predicted molar refractivity (Wildman–Crippen MR) is 209 cm³/mol. The van der Waals surface area contributed by atoms with Crippen molar-refractivity contribution in [2.45, 2.75) is 109 Å². The lowest BCUT2D eigenvalue weighted by atomic mass is 10.1. The van der Waals surface area contributed by atoms with Crippen LogP contribution in [0.25, 0.3) is 0 Å². The molecule has 0 saturated carbocycles. The van der Waals surface area contributed by atoms with E-state index in [1.165, 1.54) is 33.4 Å². The van der Waals surface area contributed by atoms with Gasteiger partial charge in [-0.2, -0.15) is 0 Å². The van der Waals surface area contributed by atoms with E-state index in [9.17, 15) is 8.78 Å². The molecule has 260 valence electrons. The van der Waals surface area contributed by atoms with Gasteiger partial charge >= 0.3 is 0 Å². The first-order valence-corrected chi connectivity index (χ1v) is 17.1. The highest BCUT2D eigenvalue weighted by Gasteiger charge is 1.98. The Kier molecular flexibility index (Phi) is 22.9. The molecule has 0 fully saturated rings. The summed E-state index contributed by atoms with van der Waals surface area (Å²) in [5, 5.41) is 0. The lowest BCUT2D eigenvalue weighted by Crippen LogP contribution is -1.86. The predicted octanol–water partition coefficient (Wildman–Crippen LogP) is 13.7. The molecule has 5 rings (SSSR count). The molecule has 0 radical (unpaired) electrons. The first kappa shape index (κ1) is 44.0. The molecule has 0 spiro atoms. The molecule has 0 nitrogen and oxygen atoms in total. The third-order valence-corrected chi connectivity index (χ3v) is 7.74. The Hall–Kier alpha value is -4.04.